The molecule has 0 amide bonds. The van der Waals surface area contributed by atoms with Crippen molar-refractivity contribution >= 4 is 9.84 Å². The van der Waals surface area contributed by atoms with Crippen molar-refractivity contribution in [2.75, 3.05) is 0 Å². The molecule has 2 nitrogen and oxygen atoms in total. The molecule has 0 aromatic heterocycles. The van der Waals surface area contributed by atoms with E-state index in [1.807, 2.05) is 12.1 Å². The lowest BCUT2D eigenvalue weighted by Gasteiger charge is -2.21. The minimum Gasteiger partial charge on any atom is -0.218 e. The minimum absolute atomic E-state index is 0.0993. The molecular weight excluding hydrogens is 275 g/mol. The van der Waals surface area contributed by atoms with Gasteiger partial charge in [0.2, 0.25) is 9.84 Å². The van der Waals surface area contributed by atoms with Crippen molar-refractivity contribution in [3.63, 3.8) is 0 Å². The molecule has 4 heteroatoms. The van der Waals surface area contributed by atoms with Crippen LogP contribution >= 0.6 is 0 Å². The molecule has 0 fully saturated rings. The lowest BCUT2D eigenvalue weighted by molar-refractivity contribution is 0.585. The van der Waals surface area contributed by atoms with Crippen LogP contribution in [0.5, 0.6) is 0 Å². The third-order valence-electron chi connectivity index (χ3n) is 3.74. The molecule has 20 heavy (non-hydrogen) atoms. The zero-order valence-corrected chi connectivity index (χ0v) is 12.2. The molecule has 104 valence electrons. The summed E-state index contributed by atoms with van der Waals surface area (Å²) in [5.74, 6) is -0.174. The normalized spacial score (nSPS) is 15.8. The van der Waals surface area contributed by atoms with E-state index in [4.69, 9.17) is 0 Å². The molecule has 0 unspecified atom stereocenters. The Balaban J connectivity index is 2.24. The summed E-state index contributed by atoms with van der Waals surface area (Å²) in [4.78, 5) is 0.405. The summed E-state index contributed by atoms with van der Waals surface area (Å²) in [6, 6.07) is 9.42. The van der Waals surface area contributed by atoms with E-state index in [1.54, 1.807) is 12.1 Å². The molecule has 0 atom stereocenters. The fourth-order valence-corrected chi connectivity index (χ4v) is 4.32. The summed E-state index contributed by atoms with van der Waals surface area (Å²) >= 11 is 0. The second-order valence-electron chi connectivity index (χ2n) is 5.45. The van der Waals surface area contributed by atoms with E-state index in [1.165, 1.54) is 6.07 Å². The molecule has 1 heterocycles. The van der Waals surface area contributed by atoms with Gasteiger partial charge in [-0.05, 0) is 40.8 Å². The molecule has 0 N–H and O–H groups in total. The standard InChI is InChI=1S/C16H15FO2S/c1-10(2)11-4-6-15-13(7-11)8-12-3-5-14(17)9-16(12)20(15,18)19/h3-7,9-10H,8H2,1-2H3. The van der Waals surface area contributed by atoms with E-state index in [9.17, 15) is 12.8 Å². The van der Waals surface area contributed by atoms with Crippen LogP contribution in [0.3, 0.4) is 0 Å². The summed E-state index contributed by atoms with van der Waals surface area (Å²) in [5.41, 5.74) is 2.58. The number of benzene rings is 2. The van der Waals surface area contributed by atoms with Crippen LogP contribution in [0.25, 0.3) is 0 Å². The van der Waals surface area contributed by atoms with Crippen molar-refractivity contribution in [1.82, 2.24) is 0 Å². The van der Waals surface area contributed by atoms with E-state index in [0.717, 1.165) is 17.2 Å². The Hall–Kier alpha value is -1.68. The fourth-order valence-electron chi connectivity index (χ4n) is 2.61. The van der Waals surface area contributed by atoms with Gasteiger partial charge >= 0.3 is 0 Å². The van der Waals surface area contributed by atoms with Gasteiger partial charge in [-0.25, -0.2) is 12.8 Å². The molecule has 0 radical (unpaired) electrons. The van der Waals surface area contributed by atoms with Crippen LogP contribution in [0, 0.1) is 5.82 Å². The van der Waals surface area contributed by atoms with Gasteiger partial charge in [-0.2, -0.15) is 0 Å². The highest BCUT2D eigenvalue weighted by Crippen LogP contribution is 2.36. The van der Waals surface area contributed by atoms with Crippen molar-refractivity contribution in [3.05, 3.63) is 58.9 Å². The lowest BCUT2D eigenvalue weighted by atomic mass is 9.97. The van der Waals surface area contributed by atoms with Gasteiger partial charge in [0.15, 0.2) is 0 Å². The Morgan fingerprint density at radius 3 is 2.45 bits per heavy atom. The topological polar surface area (TPSA) is 34.1 Å². The highest BCUT2D eigenvalue weighted by molar-refractivity contribution is 7.91. The minimum atomic E-state index is -3.61. The van der Waals surface area contributed by atoms with E-state index in [-0.39, 0.29) is 4.90 Å². The first-order valence-corrected chi connectivity index (χ1v) is 8.04. The lowest BCUT2D eigenvalue weighted by Crippen LogP contribution is -2.15. The summed E-state index contributed by atoms with van der Waals surface area (Å²) < 4.78 is 38.4. The molecule has 0 bridgehead atoms. The molecule has 0 aliphatic carbocycles. The molecule has 0 spiro atoms. The van der Waals surface area contributed by atoms with Gasteiger partial charge in [0.1, 0.15) is 5.82 Å². The zero-order valence-electron chi connectivity index (χ0n) is 11.4. The first kappa shape index (κ1) is 13.3. The zero-order chi connectivity index (χ0) is 14.5. The fraction of sp³-hybridized carbons (Fsp3) is 0.250. The molecule has 2 aromatic rings. The smallest absolute Gasteiger partial charge is 0.207 e. The van der Waals surface area contributed by atoms with Crippen LogP contribution in [-0.2, 0) is 16.3 Å². The number of fused-ring (bicyclic) bond motifs is 2. The predicted octanol–water partition coefficient (Wildman–Crippen LogP) is 3.69. The van der Waals surface area contributed by atoms with Gasteiger partial charge in [-0.1, -0.05) is 32.0 Å². The van der Waals surface area contributed by atoms with Crippen molar-refractivity contribution < 1.29 is 12.8 Å². The van der Waals surface area contributed by atoms with Crippen LogP contribution in [0.4, 0.5) is 4.39 Å². The van der Waals surface area contributed by atoms with E-state index >= 15 is 0 Å². The average Bonchev–Trinajstić information content (AvgIpc) is 2.39. The van der Waals surface area contributed by atoms with Crippen molar-refractivity contribution in [2.45, 2.75) is 36.0 Å². The van der Waals surface area contributed by atoms with Gasteiger partial charge in [-0.3, -0.25) is 0 Å². The average molecular weight is 290 g/mol. The summed E-state index contributed by atoms with van der Waals surface area (Å²) in [6.07, 6.45) is 0.532. The molecular formula is C16H15FO2S. The summed E-state index contributed by atoms with van der Waals surface area (Å²) in [7, 11) is -3.61. The number of halogens is 1. The number of hydrogen-bond acceptors (Lipinski definition) is 2. The molecule has 0 saturated carbocycles. The number of sulfone groups is 1. The number of rotatable bonds is 1. The quantitative estimate of drug-likeness (QED) is 0.685. The third kappa shape index (κ3) is 1.95. The van der Waals surface area contributed by atoms with Crippen LogP contribution < -0.4 is 0 Å². The van der Waals surface area contributed by atoms with E-state index < -0.39 is 15.7 Å². The van der Waals surface area contributed by atoms with Gasteiger partial charge in [-0.15, -0.1) is 0 Å². The summed E-state index contributed by atoms with van der Waals surface area (Å²) in [5, 5.41) is 0. The van der Waals surface area contributed by atoms with Crippen LogP contribution in [-0.4, -0.2) is 8.42 Å². The highest BCUT2D eigenvalue weighted by Gasteiger charge is 2.29. The van der Waals surface area contributed by atoms with Gasteiger partial charge in [0, 0.05) is 6.42 Å². The Kier molecular flexibility index (Phi) is 2.94. The van der Waals surface area contributed by atoms with Gasteiger partial charge in [0.05, 0.1) is 9.79 Å². The predicted molar refractivity (Wildman–Crippen MR) is 75.2 cm³/mol. The number of hydrogen-bond donors (Lipinski definition) is 0. The Labute approximate surface area is 118 Å². The maximum atomic E-state index is 13.3. The van der Waals surface area contributed by atoms with Crippen LogP contribution in [0.2, 0.25) is 0 Å². The highest BCUT2D eigenvalue weighted by atomic mass is 32.2. The van der Waals surface area contributed by atoms with Crippen LogP contribution in [0.1, 0.15) is 36.5 Å². The monoisotopic (exact) mass is 290 g/mol. The van der Waals surface area contributed by atoms with E-state index in [0.29, 0.717) is 22.8 Å². The van der Waals surface area contributed by atoms with E-state index in [2.05, 4.69) is 13.8 Å². The first-order valence-electron chi connectivity index (χ1n) is 6.56. The first-order chi connectivity index (χ1) is 9.39. The molecule has 1 aliphatic rings. The largest absolute Gasteiger partial charge is 0.218 e. The van der Waals surface area contributed by atoms with Crippen LogP contribution in [0.15, 0.2) is 46.2 Å². The van der Waals surface area contributed by atoms with Gasteiger partial charge < -0.3 is 0 Å². The molecule has 1 aliphatic heterocycles. The SMILES string of the molecule is CC(C)c1ccc2c(c1)Cc1ccc(F)cc1S2(=O)=O. The maximum Gasteiger partial charge on any atom is 0.207 e. The molecule has 0 saturated heterocycles. The second-order valence-corrected chi connectivity index (χ2v) is 7.34. The second kappa shape index (κ2) is 4.42. The third-order valence-corrected chi connectivity index (χ3v) is 5.68. The van der Waals surface area contributed by atoms with Crippen molar-refractivity contribution in [1.29, 1.82) is 0 Å². The Morgan fingerprint density at radius 1 is 1.00 bits per heavy atom. The summed E-state index contributed by atoms with van der Waals surface area (Å²) in [6.45, 7) is 4.14. The van der Waals surface area contributed by atoms with Crippen molar-refractivity contribution in [3.8, 4) is 0 Å². The molecule has 2 aromatic carbocycles. The Morgan fingerprint density at radius 2 is 1.75 bits per heavy atom. The molecule has 3 rings (SSSR count). The maximum absolute atomic E-state index is 13.3. The van der Waals surface area contributed by atoms with Crippen molar-refractivity contribution in [2.24, 2.45) is 0 Å². The van der Waals surface area contributed by atoms with Gasteiger partial charge in [0.25, 0.3) is 0 Å². The Bertz CT molecular complexity index is 792.